The summed E-state index contributed by atoms with van der Waals surface area (Å²) >= 11 is 0. The lowest BCUT2D eigenvalue weighted by molar-refractivity contribution is -0.111. The Hall–Kier alpha value is -1.64. The van der Waals surface area contributed by atoms with E-state index in [1.807, 2.05) is 37.3 Å². The molecule has 80 valence electrons. The first-order valence-electron chi connectivity index (χ1n) is 5.12. The molecule has 0 fully saturated rings. The van der Waals surface area contributed by atoms with E-state index in [9.17, 15) is 4.79 Å². The number of ketones is 1. The van der Waals surface area contributed by atoms with Gasteiger partial charge in [0.2, 0.25) is 0 Å². The van der Waals surface area contributed by atoms with Crippen LogP contribution in [0.4, 0.5) is 5.69 Å². The minimum Gasteiger partial charge on any atom is -0.293 e. The first-order chi connectivity index (χ1) is 7.24. The molecule has 1 rings (SSSR count). The van der Waals surface area contributed by atoms with Gasteiger partial charge in [-0.15, -0.1) is 0 Å². The number of para-hydroxylation sites is 1. The quantitative estimate of drug-likeness (QED) is 0.592. The maximum atomic E-state index is 11.2. The van der Waals surface area contributed by atoms with Crippen molar-refractivity contribution in [3.8, 4) is 0 Å². The van der Waals surface area contributed by atoms with E-state index in [-0.39, 0.29) is 5.78 Å². The Morgan fingerprint density at radius 1 is 1.33 bits per heavy atom. The number of anilines is 1. The van der Waals surface area contributed by atoms with Crippen LogP contribution < -0.4 is 5.43 Å². The Balaban J connectivity index is 2.65. The Morgan fingerprint density at radius 2 is 2.00 bits per heavy atom. The van der Waals surface area contributed by atoms with Crippen molar-refractivity contribution in [2.75, 3.05) is 5.43 Å². The molecule has 0 aromatic heterocycles. The molecule has 3 nitrogen and oxygen atoms in total. The van der Waals surface area contributed by atoms with E-state index < -0.39 is 0 Å². The van der Waals surface area contributed by atoms with Gasteiger partial charge in [0.25, 0.3) is 0 Å². The van der Waals surface area contributed by atoms with Gasteiger partial charge in [0.15, 0.2) is 5.78 Å². The third-order valence-corrected chi connectivity index (χ3v) is 1.99. The largest absolute Gasteiger partial charge is 0.293 e. The van der Waals surface area contributed by atoms with Crippen LogP contribution in [0.15, 0.2) is 35.4 Å². The zero-order valence-electron chi connectivity index (χ0n) is 9.16. The van der Waals surface area contributed by atoms with Crippen LogP contribution >= 0.6 is 0 Å². The maximum Gasteiger partial charge on any atom is 0.175 e. The minimum atomic E-state index is 0.0280. The van der Waals surface area contributed by atoms with Crippen LogP contribution in [-0.2, 0) is 4.79 Å². The van der Waals surface area contributed by atoms with Crippen molar-refractivity contribution < 1.29 is 4.79 Å². The molecule has 1 N–H and O–H groups in total. The molecular formula is C12H16N2O. The fourth-order valence-electron chi connectivity index (χ4n) is 1.19. The first-order valence-corrected chi connectivity index (χ1v) is 5.12. The molecule has 0 aliphatic heterocycles. The lowest BCUT2D eigenvalue weighted by Crippen LogP contribution is -2.11. The molecule has 0 spiro atoms. The summed E-state index contributed by atoms with van der Waals surface area (Å²) in [6.07, 6.45) is 1.64. The number of hydrogen-bond donors (Lipinski definition) is 1. The van der Waals surface area contributed by atoms with Crippen molar-refractivity contribution in [2.24, 2.45) is 5.10 Å². The van der Waals surface area contributed by atoms with Gasteiger partial charge in [-0.25, -0.2) is 0 Å². The molecule has 0 amide bonds. The van der Waals surface area contributed by atoms with E-state index in [0.717, 1.165) is 18.5 Å². The van der Waals surface area contributed by atoms with Gasteiger partial charge in [-0.3, -0.25) is 10.2 Å². The fourth-order valence-corrected chi connectivity index (χ4v) is 1.19. The van der Waals surface area contributed by atoms with Crippen molar-refractivity contribution in [3.05, 3.63) is 30.3 Å². The van der Waals surface area contributed by atoms with Crippen molar-refractivity contribution in [3.63, 3.8) is 0 Å². The lowest BCUT2D eigenvalue weighted by Gasteiger charge is -2.03. The van der Waals surface area contributed by atoms with Crippen LogP contribution in [0.2, 0.25) is 0 Å². The second-order valence-corrected chi connectivity index (χ2v) is 3.34. The van der Waals surface area contributed by atoms with E-state index in [2.05, 4.69) is 10.5 Å². The summed E-state index contributed by atoms with van der Waals surface area (Å²) in [6, 6.07) is 9.60. The Morgan fingerprint density at radius 3 is 2.53 bits per heavy atom. The van der Waals surface area contributed by atoms with Crippen molar-refractivity contribution in [1.82, 2.24) is 0 Å². The molecule has 0 saturated carbocycles. The summed E-state index contributed by atoms with van der Waals surface area (Å²) in [4.78, 5) is 11.2. The number of rotatable bonds is 5. The normalized spacial score (nSPS) is 11.2. The highest BCUT2D eigenvalue weighted by Crippen LogP contribution is 2.05. The molecule has 1 aromatic carbocycles. The fraction of sp³-hybridized carbons (Fsp3) is 0.333. The van der Waals surface area contributed by atoms with Gasteiger partial charge >= 0.3 is 0 Å². The molecule has 0 unspecified atom stereocenters. The number of Topliss-reactive ketones (excluding diaryl/α,β-unsaturated/α-hetero) is 1. The van der Waals surface area contributed by atoms with Crippen LogP contribution in [0.5, 0.6) is 0 Å². The Bertz CT molecular complexity index is 344. The van der Waals surface area contributed by atoms with E-state index in [1.54, 1.807) is 6.92 Å². The molecule has 3 heteroatoms. The number of nitrogens with one attached hydrogen (secondary N) is 1. The molecule has 0 saturated heterocycles. The van der Waals surface area contributed by atoms with E-state index in [0.29, 0.717) is 5.71 Å². The van der Waals surface area contributed by atoms with Gasteiger partial charge < -0.3 is 0 Å². The molecule has 0 atom stereocenters. The predicted molar refractivity (Wildman–Crippen MR) is 63.1 cm³/mol. The number of benzene rings is 1. The Labute approximate surface area is 90.2 Å². The van der Waals surface area contributed by atoms with Gasteiger partial charge in [-0.05, 0) is 18.6 Å². The van der Waals surface area contributed by atoms with Crippen LogP contribution in [0.25, 0.3) is 0 Å². The molecular weight excluding hydrogens is 188 g/mol. The zero-order valence-corrected chi connectivity index (χ0v) is 9.16. The molecule has 0 heterocycles. The summed E-state index contributed by atoms with van der Waals surface area (Å²) < 4.78 is 0. The average molecular weight is 204 g/mol. The third-order valence-electron chi connectivity index (χ3n) is 1.99. The van der Waals surface area contributed by atoms with Crippen LogP contribution in [0.3, 0.4) is 0 Å². The Kier molecular flexibility index (Phi) is 4.54. The highest BCUT2D eigenvalue weighted by molar-refractivity contribution is 6.39. The number of nitrogens with zero attached hydrogens (tertiary/aromatic N) is 1. The number of hydrogen-bond acceptors (Lipinski definition) is 3. The average Bonchev–Trinajstić information content (AvgIpc) is 2.25. The maximum absolute atomic E-state index is 11.2. The monoisotopic (exact) mass is 204 g/mol. The highest BCUT2D eigenvalue weighted by Gasteiger charge is 2.03. The van der Waals surface area contributed by atoms with Gasteiger partial charge in [0, 0.05) is 6.92 Å². The number of hydrazone groups is 1. The van der Waals surface area contributed by atoms with E-state index in [1.165, 1.54) is 0 Å². The van der Waals surface area contributed by atoms with E-state index in [4.69, 9.17) is 0 Å². The number of carbonyl (C=O) groups excluding carboxylic acids is 1. The van der Waals surface area contributed by atoms with Crippen LogP contribution in [0, 0.1) is 0 Å². The van der Waals surface area contributed by atoms with Crippen molar-refractivity contribution in [1.29, 1.82) is 0 Å². The van der Waals surface area contributed by atoms with Gasteiger partial charge in [0.05, 0.1) is 5.69 Å². The van der Waals surface area contributed by atoms with Gasteiger partial charge in [0.1, 0.15) is 5.71 Å². The SMILES string of the molecule is CCC/C(=N/Nc1ccccc1)C(C)=O. The lowest BCUT2D eigenvalue weighted by atomic mass is 10.2. The molecule has 0 radical (unpaired) electrons. The topological polar surface area (TPSA) is 41.5 Å². The summed E-state index contributed by atoms with van der Waals surface area (Å²) in [7, 11) is 0. The third kappa shape index (κ3) is 3.94. The summed E-state index contributed by atoms with van der Waals surface area (Å²) in [5.74, 6) is 0.0280. The van der Waals surface area contributed by atoms with Crippen LogP contribution in [0.1, 0.15) is 26.7 Å². The predicted octanol–water partition coefficient (Wildman–Crippen LogP) is 2.84. The van der Waals surface area contributed by atoms with Crippen LogP contribution in [-0.4, -0.2) is 11.5 Å². The summed E-state index contributed by atoms with van der Waals surface area (Å²) in [5.41, 5.74) is 4.37. The number of carbonyl (C=O) groups is 1. The first kappa shape index (κ1) is 11.4. The van der Waals surface area contributed by atoms with Gasteiger partial charge in [-0.2, -0.15) is 5.10 Å². The second-order valence-electron chi connectivity index (χ2n) is 3.34. The standard InChI is InChI=1S/C12H16N2O/c1-3-7-12(10(2)15)14-13-11-8-5-4-6-9-11/h4-6,8-9,13H,3,7H2,1-2H3/b14-12-. The minimum absolute atomic E-state index is 0.0280. The molecule has 0 bridgehead atoms. The van der Waals surface area contributed by atoms with E-state index >= 15 is 0 Å². The van der Waals surface area contributed by atoms with Crippen molar-refractivity contribution in [2.45, 2.75) is 26.7 Å². The van der Waals surface area contributed by atoms with Gasteiger partial charge in [-0.1, -0.05) is 31.5 Å². The molecule has 0 aliphatic rings. The zero-order chi connectivity index (χ0) is 11.1. The summed E-state index contributed by atoms with van der Waals surface area (Å²) in [5, 5.41) is 4.10. The second kappa shape index (κ2) is 5.96. The molecule has 15 heavy (non-hydrogen) atoms. The summed E-state index contributed by atoms with van der Waals surface area (Å²) in [6.45, 7) is 3.57. The smallest absolute Gasteiger partial charge is 0.175 e. The van der Waals surface area contributed by atoms with Crippen molar-refractivity contribution >= 4 is 17.2 Å². The highest BCUT2D eigenvalue weighted by atomic mass is 16.1. The molecule has 1 aromatic rings. The molecule has 0 aliphatic carbocycles.